The lowest BCUT2D eigenvalue weighted by atomic mass is 10.3. The molecule has 0 bridgehead atoms. The number of carboxylic acid groups (broad SMARTS) is 1. The molecule has 0 spiro atoms. The second-order valence-electron chi connectivity index (χ2n) is 1.31. The lowest BCUT2D eigenvalue weighted by Crippen LogP contribution is -2.16. The summed E-state index contributed by atoms with van der Waals surface area (Å²) >= 11 is 0. The quantitative estimate of drug-likeness (QED) is 0.377. The third kappa shape index (κ3) is 3.36. The van der Waals surface area contributed by atoms with Gasteiger partial charge in [0, 0.05) is 6.08 Å². The van der Waals surface area contributed by atoms with E-state index >= 15 is 0 Å². The molecular formula is C4H6O5. The van der Waals surface area contributed by atoms with Gasteiger partial charge in [0.1, 0.15) is 0 Å². The number of hydrogen-bond donors (Lipinski definition) is 4. The van der Waals surface area contributed by atoms with Crippen LogP contribution < -0.4 is 0 Å². The number of carboxylic acids is 1. The average molecular weight is 134 g/mol. The van der Waals surface area contributed by atoms with E-state index in [0.29, 0.717) is 6.08 Å². The van der Waals surface area contributed by atoms with Crippen molar-refractivity contribution < 1.29 is 25.2 Å². The topological polar surface area (TPSA) is 98.0 Å². The van der Waals surface area contributed by atoms with Gasteiger partial charge in [0.05, 0.1) is 0 Å². The van der Waals surface area contributed by atoms with Gasteiger partial charge < -0.3 is 20.4 Å². The zero-order valence-corrected chi connectivity index (χ0v) is 4.35. The average Bonchev–Trinajstić information content (AvgIpc) is 1.63. The second kappa shape index (κ2) is 2.93. The van der Waals surface area contributed by atoms with Crippen LogP contribution in [0.4, 0.5) is 0 Å². The molecule has 1 atom stereocenters. The van der Waals surface area contributed by atoms with Crippen molar-refractivity contribution in [2.45, 2.75) is 6.10 Å². The molecule has 0 heterocycles. The third-order valence-electron chi connectivity index (χ3n) is 0.560. The van der Waals surface area contributed by atoms with Crippen LogP contribution in [-0.2, 0) is 4.79 Å². The summed E-state index contributed by atoms with van der Waals surface area (Å²) in [6.07, 6.45) is -1.46. The fourth-order valence-electron chi connectivity index (χ4n) is 0.212. The lowest BCUT2D eigenvalue weighted by molar-refractivity contribution is -0.144. The van der Waals surface area contributed by atoms with Crippen LogP contribution >= 0.6 is 0 Å². The molecule has 5 nitrogen and oxygen atoms in total. The zero-order chi connectivity index (χ0) is 7.44. The molecule has 0 aromatic rings. The second-order valence-corrected chi connectivity index (χ2v) is 1.31. The Bertz CT molecular complexity index is 134. The van der Waals surface area contributed by atoms with E-state index in [0.717, 1.165) is 0 Å². The van der Waals surface area contributed by atoms with E-state index in [-0.39, 0.29) is 0 Å². The standard InChI is InChI=1S/C4H6O5/c5-2(4(8)9)1-3(6)7/h1-2,5-7H,(H,8,9). The molecule has 0 aromatic carbocycles. The van der Waals surface area contributed by atoms with Crippen molar-refractivity contribution in [1.29, 1.82) is 0 Å². The highest BCUT2D eigenvalue weighted by Crippen LogP contribution is 1.88. The fraction of sp³-hybridized carbons (Fsp3) is 0.250. The molecule has 0 saturated heterocycles. The van der Waals surface area contributed by atoms with Crippen molar-refractivity contribution in [3.05, 3.63) is 12.0 Å². The molecule has 0 amide bonds. The number of aliphatic hydroxyl groups excluding tert-OH is 2. The summed E-state index contributed by atoms with van der Waals surface area (Å²) in [6.45, 7) is 0. The smallest absolute Gasteiger partial charge is 0.336 e. The van der Waals surface area contributed by atoms with Crippen LogP contribution in [0.1, 0.15) is 0 Å². The summed E-state index contributed by atoms with van der Waals surface area (Å²) in [6, 6.07) is 0. The van der Waals surface area contributed by atoms with Crippen molar-refractivity contribution in [1.82, 2.24) is 0 Å². The van der Waals surface area contributed by atoms with Gasteiger partial charge in [0.15, 0.2) is 6.10 Å². The van der Waals surface area contributed by atoms with Crippen molar-refractivity contribution >= 4 is 5.97 Å². The van der Waals surface area contributed by atoms with Gasteiger partial charge in [-0.2, -0.15) is 0 Å². The van der Waals surface area contributed by atoms with Crippen molar-refractivity contribution in [2.75, 3.05) is 0 Å². The molecule has 0 aliphatic rings. The Labute approximate surface area is 50.5 Å². The molecule has 0 rings (SSSR count). The Morgan fingerprint density at radius 2 is 1.78 bits per heavy atom. The lowest BCUT2D eigenvalue weighted by Gasteiger charge is -1.94. The van der Waals surface area contributed by atoms with Gasteiger partial charge in [0.25, 0.3) is 5.95 Å². The van der Waals surface area contributed by atoms with Crippen molar-refractivity contribution in [2.24, 2.45) is 0 Å². The number of aliphatic hydroxyl groups is 3. The van der Waals surface area contributed by atoms with E-state index in [2.05, 4.69) is 0 Å². The molecular weight excluding hydrogens is 128 g/mol. The molecule has 52 valence electrons. The maximum Gasteiger partial charge on any atom is 0.336 e. The predicted octanol–water partition coefficient (Wildman–Crippen LogP) is -0.611. The summed E-state index contributed by atoms with van der Waals surface area (Å²) in [5.74, 6) is -2.74. The predicted molar refractivity (Wildman–Crippen MR) is 27.0 cm³/mol. The Balaban J connectivity index is 3.91. The van der Waals surface area contributed by atoms with Gasteiger partial charge in [-0.3, -0.25) is 0 Å². The summed E-state index contributed by atoms with van der Waals surface area (Å²) in [5, 5.41) is 32.1. The van der Waals surface area contributed by atoms with Crippen LogP contribution in [0.2, 0.25) is 0 Å². The molecule has 9 heavy (non-hydrogen) atoms. The molecule has 5 heteroatoms. The molecule has 4 N–H and O–H groups in total. The van der Waals surface area contributed by atoms with E-state index in [1.54, 1.807) is 0 Å². The Morgan fingerprint density at radius 3 is 1.89 bits per heavy atom. The highest BCUT2D eigenvalue weighted by molar-refractivity contribution is 5.74. The largest absolute Gasteiger partial charge is 0.481 e. The number of hydrogen-bond acceptors (Lipinski definition) is 4. The minimum atomic E-state index is -1.85. The van der Waals surface area contributed by atoms with Crippen LogP contribution in [0.15, 0.2) is 12.0 Å². The molecule has 0 aromatic heterocycles. The molecule has 0 aliphatic heterocycles. The highest BCUT2D eigenvalue weighted by Gasteiger charge is 2.09. The first-order valence-corrected chi connectivity index (χ1v) is 2.04. The van der Waals surface area contributed by atoms with Crippen LogP contribution in [0, 0.1) is 0 Å². The van der Waals surface area contributed by atoms with Gasteiger partial charge in [-0.25, -0.2) is 4.79 Å². The number of carbonyl (C=O) groups is 1. The number of aliphatic carboxylic acids is 1. The van der Waals surface area contributed by atoms with Crippen LogP contribution in [0.25, 0.3) is 0 Å². The Kier molecular flexibility index (Phi) is 2.53. The first-order valence-electron chi connectivity index (χ1n) is 2.04. The van der Waals surface area contributed by atoms with E-state index in [1.165, 1.54) is 0 Å². The first-order chi connectivity index (χ1) is 4.04. The Morgan fingerprint density at radius 1 is 1.33 bits per heavy atom. The van der Waals surface area contributed by atoms with Gasteiger partial charge in [-0.05, 0) is 0 Å². The SMILES string of the molecule is O=C(O)C(O)C=C(O)O. The molecule has 0 fully saturated rings. The van der Waals surface area contributed by atoms with Gasteiger partial charge >= 0.3 is 5.97 Å². The van der Waals surface area contributed by atoms with Gasteiger partial charge in [0.2, 0.25) is 0 Å². The van der Waals surface area contributed by atoms with Crippen LogP contribution in [-0.4, -0.2) is 32.5 Å². The van der Waals surface area contributed by atoms with E-state index in [1.807, 2.05) is 0 Å². The third-order valence-corrected chi connectivity index (χ3v) is 0.560. The molecule has 0 radical (unpaired) electrons. The van der Waals surface area contributed by atoms with Crippen LogP contribution in [0.3, 0.4) is 0 Å². The van der Waals surface area contributed by atoms with E-state index < -0.39 is 18.0 Å². The summed E-state index contributed by atoms with van der Waals surface area (Å²) in [5.41, 5.74) is 0. The van der Waals surface area contributed by atoms with E-state index in [9.17, 15) is 4.79 Å². The maximum absolute atomic E-state index is 9.72. The molecule has 1 unspecified atom stereocenters. The summed E-state index contributed by atoms with van der Waals surface area (Å²) in [7, 11) is 0. The van der Waals surface area contributed by atoms with Gasteiger partial charge in [-0.15, -0.1) is 0 Å². The maximum atomic E-state index is 9.72. The zero-order valence-electron chi connectivity index (χ0n) is 4.35. The minimum Gasteiger partial charge on any atom is -0.481 e. The Hall–Kier alpha value is -1.23. The van der Waals surface area contributed by atoms with E-state index in [4.69, 9.17) is 20.4 Å². The number of rotatable bonds is 2. The normalized spacial score (nSPS) is 12.1. The summed E-state index contributed by atoms with van der Waals surface area (Å²) in [4.78, 5) is 9.72. The first kappa shape index (κ1) is 7.77. The van der Waals surface area contributed by atoms with Crippen molar-refractivity contribution in [3.63, 3.8) is 0 Å². The van der Waals surface area contributed by atoms with Crippen molar-refractivity contribution in [3.8, 4) is 0 Å². The highest BCUT2D eigenvalue weighted by atomic mass is 16.5. The van der Waals surface area contributed by atoms with Gasteiger partial charge in [-0.1, -0.05) is 0 Å². The molecule has 0 aliphatic carbocycles. The monoisotopic (exact) mass is 134 g/mol. The fourth-order valence-corrected chi connectivity index (χ4v) is 0.212. The summed E-state index contributed by atoms with van der Waals surface area (Å²) < 4.78 is 0. The van der Waals surface area contributed by atoms with Crippen LogP contribution in [0.5, 0.6) is 0 Å². The molecule has 0 saturated carbocycles. The minimum absolute atomic E-state index is 0.391.